The number of carbonyl (C=O) groups is 1. The van der Waals surface area contributed by atoms with E-state index in [1.807, 2.05) is 6.07 Å². The molecule has 1 saturated carbocycles. The molecule has 3 N–H and O–H groups in total. The van der Waals surface area contributed by atoms with Crippen molar-refractivity contribution in [1.82, 2.24) is 5.32 Å². The lowest BCUT2D eigenvalue weighted by Gasteiger charge is -2.26. The summed E-state index contributed by atoms with van der Waals surface area (Å²) in [6.07, 6.45) is 4.11. The Morgan fingerprint density at radius 3 is 2.80 bits per heavy atom. The first-order chi connectivity index (χ1) is 9.67. The Kier molecular flexibility index (Phi) is 4.59. The number of rotatable bonds is 4. The van der Waals surface area contributed by atoms with E-state index in [2.05, 4.69) is 10.6 Å². The lowest BCUT2D eigenvalue weighted by Crippen LogP contribution is -2.40. The van der Waals surface area contributed by atoms with E-state index >= 15 is 0 Å². The predicted octanol–water partition coefficient (Wildman–Crippen LogP) is 2.23. The van der Waals surface area contributed by atoms with Crippen LogP contribution >= 0.6 is 0 Å². The number of nitriles is 1. The third-order valence-electron chi connectivity index (χ3n) is 3.87. The molecular weight excluding hydrogens is 254 g/mol. The van der Waals surface area contributed by atoms with Gasteiger partial charge in [0.25, 0.3) is 0 Å². The Balaban J connectivity index is 1.87. The topological polar surface area (TPSA) is 85.2 Å². The minimum atomic E-state index is -0.306. The molecule has 1 aromatic rings. The average molecular weight is 273 g/mol. The molecule has 0 saturated heterocycles. The molecule has 1 aliphatic carbocycles. The molecule has 0 unspecified atom stereocenters. The molecule has 0 radical (unpaired) electrons. The molecule has 1 fully saturated rings. The zero-order chi connectivity index (χ0) is 14.4. The van der Waals surface area contributed by atoms with Crippen LogP contribution in [0.25, 0.3) is 0 Å². The summed E-state index contributed by atoms with van der Waals surface area (Å²) in [5, 5.41) is 23.8. The second kappa shape index (κ2) is 6.40. The van der Waals surface area contributed by atoms with E-state index < -0.39 is 0 Å². The summed E-state index contributed by atoms with van der Waals surface area (Å²) in [4.78, 5) is 11.8. The van der Waals surface area contributed by atoms with Gasteiger partial charge in [0.1, 0.15) is 0 Å². The first-order valence-corrected chi connectivity index (χ1v) is 6.83. The van der Waals surface area contributed by atoms with Crippen LogP contribution in [0.3, 0.4) is 0 Å². The minimum absolute atomic E-state index is 0.108. The van der Waals surface area contributed by atoms with Crippen LogP contribution in [0.2, 0.25) is 0 Å². The van der Waals surface area contributed by atoms with Gasteiger partial charge in [-0.05, 0) is 31.0 Å². The number of urea groups is 1. The molecule has 1 aromatic carbocycles. The van der Waals surface area contributed by atoms with Gasteiger partial charge in [-0.1, -0.05) is 18.9 Å². The van der Waals surface area contributed by atoms with Crippen LogP contribution in [0.4, 0.5) is 10.5 Å². The first kappa shape index (κ1) is 14.4. The highest BCUT2D eigenvalue weighted by atomic mass is 16.3. The lowest BCUT2D eigenvalue weighted by molar-refractivity contribution is 0.130. The normalized spacial score (nSPS) is 16.4. The van der Waals surface area contributed by atoms with Crippen molar-refractivity contribution in [2.45, 2.75) is 25.7 Å². The van der Waals surface area contributed by atoms with E-state index in [0.29, 0.717) is 17.8 Å². The maximum atomic E-state index is 11.8. The van der Waals surface area contributed by atoms with E-state index in [1.165, 1.54) is 0 Å². The summed E-state index contributed by atoms with van der Waals surface area (Å²) in [6, 6.07) is 8.48. The zero-order valence-corrected chi connectivity index (χ0v) is 11.4. The molecule has 0 heterocycles. The molecule has 0 aliphatic heterocycles. The molecule has 1 aliphatic rings. The predicted molar refractivity (Wildman–Crippen MR) is 76.2 cm³/mol. The number of aliphatic hydroxyl groups excluding tert-OH is 1. The van der Waals surface area contributed by atoms with Gasteiger partial charge < -0.3 is 15.7 Å². The van der Waals surface area contributed by atoms with E-state index in [9.17, 15) is 9.90 Å². The standard InChI is InChI=1S/C15H19N3O2/c16-9-12-4-3-5-13(8-12)18-14(20)17-10-15(11-19)6-1-2-7-15/h3-5,8,19H,1-2,6-7,10-11H2,(H2,17,18,20). The van der Waals surface area contributed by atoms with Crippen molar-refractivity contribution in [3.8, 4) is 6.07 Å². The fourth-order valence-corrected chi connectivity index (χ4v) is 2.63. The molecule has 0 bridgehead atoms. The number of carbonyl (C=O) groups excluding carboxylic acids is 1. The Morgan fingerprint density at radius 2 is 2.15 bits per heavy atom. The van der Waals surface area contributed by atoms with Crippen LogP contribution in [-0.2, 0) is 0 Å². The van der Waals surface area contributed by atoms with Gasteiger partial charge in [-0.25, -0.2) is 4.79 Å². The smallest absolute Gasteiger partial charge is 0.319 e. The third kappa shape index (κ3) is 3.49. The van der Waals surface area contributed by atoms with Gasteiger partial charge in [-0.3, -0.25) is 0 Å². The highest BCUT2D eigenvalue weighted by Crippen LogP contribution is 2.36. The van der Waals surface area contributed by atoms with Crippen LogP contribution in [0, 0.1) is 16.7 Å². The van der Waals surface area contributed by atoms with Gasteiger partial charge in [-0.2, -0.15) is 5.26 Å². The Labute approximate surface area is 118 Å². The van der Waals surface area contributed by atoms with Gasteiger partial charge >= 0.3 is 6.03 Å². The van der Waals surface area contributed by atoms with Crippen LogP contribution in [0.1, 0.15) is 31.2 Å². The van der Waals surface area contributed by atoms with Crippen molar-refractivity contribution in [3.05, 3.63) is 29.8 Å². The number of hydrogen-bond acceptors (Lipinski definition) is 3. The number of amides is 2. The molecule has 5 heteroatoms. The van der Waals surface area contributed by atoms with Crippen LogP contribution < -0.4 is 10.6 Å². The van der Waals surface area contributed by atoms with Crippen molar-refractivity contribution in [1.29, 1.82) is 5.26 Å². The molecule has 0 atom stereocenters. The van der Waals surface area contributed by atoms with Crippen molar-refractivity contribution >= 4 is 11.7 Å². The zero-order valence-electron chi connectivity index (χ0n) is 11.4. The van der Waals surface area contributed by atoms with Gasteiger partial charge in [0.15, 0.2) is 0 Å². The fourth-order valence-electron chi connectivity index (χ4n) is 2.63. The van der Waals surface area contributed by atoms with E-state index in [1.54, 1.807) is 24.3 Å². The molecule has 5 nitrogen and oxygen atoms in total. The number of nitrogens with zero attached hydrogens (tertiary/aromatic N) is 1. The van der Waals surface area contributed by atoms with Crippen molar-refractivity contribution < 1.29 is 9.90 Å². The highest BCUT2D eigenvalue weighted by Gasteiger charge is 2.33. The molecule has 0 spiro atoms. The number of benzene rings is 1. The fraction of sp³-hybridized carbons (Fsp3) is 0.467. The third-order valence-corrected chi connectivity index (χ3v) is 3.87. The highest BCUT2D eigenvalue weighted by molar-refractivity contribution is 5.89. The quantitative estimate of drug-likeness (QED) is 0.786. The summed E-state index contributed by atoms with van der Waals surface area (Å²) in [7, 11) is 0. The largest absolute Gasteiger partial charge is 0.396 e. The van der Waals surface area contributed by atoms with Gasteiger partial charge in [-0.15, -0.1) is 0 Å². The average Bonchev–Trinajstić information content (AvgIpc) is 2.95. The number of nitrogens with one attached hydrogen (secondary N) is 2. The molecule has 2 rings (SSSR count). The van der Waals surface area contributed by atoms with Crippen molar-refractivity contribution in [2.24, 2.45) is 5.41 Å². The Hall–Kier alpha value is -2.06. The monoisotopic (exact) mass is 273 g/mol. The van der Waals surface area contributed by atoms with Crippen molar-refractivity contribution in [3.63, 3.8) is 0 Å². The summed E-state index contributed by atoms with van der Waals surface area (Å²) in [6.45, 7) is 0.588. The molecule has 2 amide bonds. The first-order valence-electron chi connectivity index (χ1n) is 6.83. The van der Waals surface area contributed by atoms with Crippen LogP contribution in [-0.4, -0.2) is 24.3 Å². The van der Waals surface area contributed by atoms with Crippen LogP contribution in [0.15, 0.2) is 24.3 Å². The van der Waals surface area contributed by atoms with Gasteiger partial charge in [0.05, 0.1) is 18.2 Å². The Bertz CT molecular complexity index is 516. The summed E-state index contributed by atoms with van der Waals surface area (Å²) >= 11 is 0. The SMILES string of the molecule is N#Cc1cccc(NC(=O)NCC2(CO)CCCC2)c1. The maximum Gasteiger partial charge on any atom is 0.319 e. The second-order valence-corrected chi connectivity index (χ2v) is 5.37. The minimum Gasteiger partial charge on any atom is -0.396 e. The second-order valence-electron chi connectivity index (χ2n) is 5.37. The summed E-state index contributed by atoms with van der Waals surface area (Å²) in [5.41, 5.74) is 0.933. The molecule has 106 valence electrons. The van der Waals surface area contributed by atoms with E-state index in [-0.39, 0.29) is 18.1 Å². The van der Waals surface area contributed by atoms with E-state index in [0.717, 1.165) is 25.7 Å². The van der Waals surface area contributed by atoms with Gasteiger partial charge in [0.2, 0.25) is 0 Å². The van der Waals surface area contributed by atoms with Gasteiger partial charge in [0, 0.05) is 17.6 Å². The molecular formula is C15H19N3O2. The van der Waals surface area contributed by atoms with Crippen LogP contribution in [0.5, 0.6) is 0 Å². The maximum absolute atomic E-state index is 11.8. The molecule has 20 heavy (non-hydrogen) atoms. The number of anilines is 1. The summed E-state index contributed by atoms with van der Waals surface area (Å²) in [5.74, 6) is 0. The number of aliphatic hydroxyl groups is 1. The summed E-state index contributed by atoms with van der Waals surface area (Å²) < 4.78 is 0. The molecule has 0 aromatic heterocycles. The Morgan fingerprint density at radius 1 is 1.40 bits per heavy atom. The lowest BCUT2D eigenvalue weighted by atomic mass is 9.87. The van der Waals surface area contributed by atoms with Crippen molar-refractivity contribution in [2.75, 3.05) is 18.5 Å². The number of hydrogen-bond donors (Lipinski definition) is 3. The van der Waals surface area contributed by atoms with E-state index in [4.69, 9.17) is 5.26 Å².